The molecule has 0 radical (unpaired) electrons. The molecule has 1 atom stereocenters. The van der Waals surface area contributed by atoms with E-state index in [1.165, 1.54) is 17.2 Å². The number of nitrogens with zero attached hydrogens (tertiary/aromatic N) is 1. The Morgan fingerprint density at radius 2 is 1.79 bits per heavy atom. The van der Waals surface area contributed by atoms with Crippen molar-refractivity contribution in [3.8, 4) is 0 Å². The number of benzene rings is 2. The molecular weight excluding hydrogens is 378 g/mol. The van der Waals surface area contributed by atoms with Gasteiger partial charge in [-0.1, -0.05) is 36.4 Å². The summed E-state index contributed by atoms with van der Waals surface area (Å²) in [6.45, 7) is 1.93. The highest BCUT2D eigenvalue weighted by molar-refractivity contribution is 7.10. The van der Waals surface area contributed by atoms with Gasteiger partial charge in [-0.05, 0) is 41.1 Å². The maximum atomic E-state index is 13.9. The van der Waals surface area contributed by atoms with Crippen LogP contribution in [0.2, 0.25) is 0 Å². The highest BCUT2D eigenvalue weighted by atomic mass is 32.1. The third kappa shape index (κ3) is 3.84. The zero-order valence-electron chi connectivity index (χ0n) is 15.2. The summed E-state index contributed by atoms with van der Waals surface area (Å²) in [6, 6.07) is 15.8. The summed E-state index contributed by atoms with van der Waals surface area (Å²) in [5.74, 6) is -2.43. The van der Waals surface area contributed by atoms with Crippen molar-refractivity contribution in [2.24, 2.45) is 0 Å². The predicted molar refractivity (Wildman–Crippen MR) is 106 cm³/mol. The molecule has 0 fully saturated rings. The first-order valence-corrected chi connectivity index (χ1v) is 10.1. The minimum Gasteiger partial charge on any atom is -0.350 e. The Bertz CT molecular complexity index is 954. The molecule has 144 valence electrons. The summed E-state index contributed by atoms with van der Waals surface area (Å²) in [4.78, 5) is 15.9. The number of carbonyl (C=O) groups excluding carboxylic acids is 1. The monoisotopic (exact) mass is 398 g/mol. The molecule has 1 unspecified atom stereocenters. The van der Waals surface area contributed by atoms with Crippen molar-refractivity contribution < 1.29 is 13.6 Å². The Morgan fingerprint density at radius 1 is 1.04 bits per heavy atom. The molecule has 28 heavy (non-hydrogen) atoms. The van der Waals surface area contributed by atoms with Crippen molar-refractivity contribution >= 4 is 17.2 Å². The lowest BCUT2D eigenvalue weighted by Crippen LogP contribution is -2.40. The zero-order chi connectivity index (χ0) is 19.5. The number of carbonyl (C=O) groups is 1. The van der Waals surface area contributed by atoms with Crippen LogP contribution in [0.25, 0.3) is 0 Å². The number of halogens is 2. The van der Waals surface area contributed by atoms with E-state index in [0.29, 0.717) is 0 Å². The average molecular weight is 398 g/mol. The molecule has 0 saturated carbocycles. The van der Waals surface area contributed by atoms with Crippen molar-refractivity contribution in [2.45, 2.75) is 19.0 Å². The topological polar surface area (TPSA) is 32.3 Å². The molecule has 1 aliphatic heterocycles. The minimum atomic E-state index is -0.850. The second kappa shape index (κ2) is 8.20. The van der Waals surface area contributed by atoms with E-state index in [1.807, 2.05) is 23.6 Å². The fraction of sp³-hybridized carbons (Fsp3) is 0.227. The fourth-order valence-corrected chi connectivity index (χ4v) is 4.53. The number of thiophene rings is 1. The van der Waals surface area contributed by atoms with Gasteiger partial charge < -0.3 is 5.32 Å². The van der Waals surface area contributed by atoms with Crippen LogP contribution < -0.4 is 5.32 Å². The smallest absolute Gasteiger partial charge is 0.257 e. The van der Waals surface area contributed by atoms with Gasteiger partial charge in [0.15, 0.2) is 0 Å². The average Bonchev–Trinajstić information content (AvgIpc) is 3.22. The number of nitrogens with one attached hydrogen (secondary N) is 1. The molecule has 1 amide bonds. The Balaban J connectivity index is 1.53. The first-order chi connectivity index (χ1) is 13.6. The van der Waals surface area contributed by atoms with Gasteiger partial charge >= 0.3 is 0 Å². The van der Waals surface area contributed by atoms with Crippen LogP contribution in [0.15, 0.2) is 60.0 Å². The van der Waals surface area contributed by atoms with Gasteiger partial charge in [0.1, 0.15) is 17.2 Å². The van der Waals surface area contributed by atoms with Crippen LogP contribution in [-0.2, 0) is 13.0 Å². The molecule has 3 aromatic rings. The van der Waals surface area contributed by atoms with E-state index in [-0.39, 0.29) is 12.6 Å². The summed E-state index contributed by atoms with van der Waals surface area (Å²) in [5, 5.41) is 4.73. The summed E-state index contributed by atoms with van der Waals surface area (Å²) in [7, 11) is 0. The quantitative estimate of drug-likeness (QED) is 0.684. The lowest BCUT2D eigenvalue weighted by Gasteiger charge is -2.35. The Labute approximate surface area is 166 Å². The highest BCUT2D eigenvalue weighted by Gasteiger charge is 2.27. The number of hydrogen-bond donors (Lipinski definition) is 1. The number of amides is 1. The molecule has 2 heterocycles. The van der Waals surface area contributed by atoms with E-state index in [0.717, 1.165) is 36.5 Å². The van der Waals surface area contributed by atoms with Crippen LogP contribution in [0.5, 0.6) is 0 Å². The van der Waals surface area contributed by atoms with Crippen molar-refractivity contribution in [1.82, 2.24) is 10.2 Å². The highest BCUT2D eigenvalue weighted by Crippen LogP contribution is 2.30. The Morgan fingerprint density at radius 3 is 2.50 bits per heavy atom. The van der Waals surface area contributed by atoms with E-state index in [4.69, 9.17) is 0 Å². The second-order valence-corrected chi connectivity index (χ2v) is 7.81. The van der Waals surface area contributed by atoms with Crippen molar-refractivity contribution in [2.75, 3.05) is 13.1 Å². The SMILES string of the molecule is O=C(NCC(c1cccs1)N1CCc2ccccc2C1)c1c(F)cccc1F. The summed E-state index contributed by atoms with van der Waals surface area (Å²) in [6.07, 6.45) is 0.938. The van der Waals surface area contributed by atoms with Crippen LogP contribution in [0.3, 0.4) is 0 Å². The van der Waals surface area contributed by atoms with E-state index in [1.54, 1.807) is 11.3 Å². The number of fused-ring (bicyclic) bond motifs is 1. The summed E-state index contributed by atoms with van der Waals surface area (Å²) < 4.78 is 27.8. The first-order valence-electron chi connectivity index (χ1n) is 9.20. The fourth-order valence-electron chi connectivity index (χ4n) is 3.67. The molecular formula is C22H20F2N2OS. The molecule has 1 aliphatic rings. The van der Waals surface area contributed by atoms with Gasteiger partial charge in [-0.15, -0.1) is 11.3 Å². The Kier molecular flexibility index (Phi) is 5.50. The lowest BCUT2D eigenvalue weighted by atomic mass is 9.98. The van der Waals surface area contributed by atoms with E-state index in [9.17, 15) is 13.6 Å². The minimum absolute atomic E-state index is 0.0489. The van der Waals surface area contributed by atoms with Gasteiger partial charge in [0.25, 0.3) is 5.91 Å². The molecule has 3 nitrogen and oxygen atoms in total. The van der Waals surface area contributed by atoms with Crippen LogP contribution in [0.4, 0.5) is 8.78 Å². The van der Waals surface area contributed by atoms with Crippen LogP contribution in [-0.4, -0.2) is 23.9 Å². The molecule has 6 heteroatoms. The van der Waals surface area contributed by atoms with Crippen LogP contribution in [0.1, 0.15) is 32.4 Å². The van der Waals surface area contributed by atoms with Crippen LogP contribution in [0, 0.1) is 11.6 Å². The standard InChI is InChI=1S/C22H20F2N2OS/c23-17-7-3-8-18(24)21(17)22(27)25-13-19(20-9-4-12-28-20)26-11-10-15-5-1-2-6-16(15)14-26/h1-9,12,19H,10-11,13-14H2,(H,25,27). The van der Waals surface area contributed by atoms with Crippen LogP contribution >= 0.6 is 11.3 Å². The normalized spacial score (nSPS) is 15.1. The third-order valence-electron chi connectivity index (χ3n) is 5.12. The van der Waals surface area contributed by atoms with Gasteiger partial charge in [-0.3, -0.25) is 9.69 Å². The zero-order valence-corrected chi connectivity index (χ0v) is 16.0. The second-order valence-electron chi connectivity index (χ2n) is 6.83. The van der Waals surface area contributed by atoms with Gasteiger partial charge in [0, 0.05) is 24.5 Å². The maximum Gasteiger partial charge on any atom is 0.257 e. The number of rotatable bonds is 5. The molecule has 0 saturated heterocycles. The molecule has 4 rings (SSSR count). The molecule has 1 aromatic heterocycles. The molecule has 0 spiro atoms. The largest absolute Gasteiger partial charge is 0.350 e. The molecule has 0 bridgehead atoms. The van der Waals surface area contributed by atoms with Crippen molar-refractivity contribution in [1.29, 1.82) is 0 Å². The lowest BCUT2D eigenvalue weighted by molar-refractivity contribution is 0.0920. The van der Waals surface area contributed by atoms with Gasteiger partial charge in [0.2, 0.25) is 0 Å². The summed E-state index contributed by atoms with van der Waals surface area (Å²) in [5.41, 5.74) is 2.10. The maximum absolute atomic E-state index is 13.9. The van der Waals surface area contributed by atoms with E-state index in [2.05, 4.69) is 28.4 Å². The Hall–Kier alpha value is -2.57. The molecule has 2 aromatic carbocycles. The van der Waals surface area contributed by atoms with Gasteiger partial charge in [0.05, 0.1) is 6.04 Å². The van der Waals surface area contributed by atoms with E-state index < -0.39 is 23.1 Å². The van der Waals surface area contributed by atoms with Gasteiger partial charge in [-0.2, -0.15) is 0 Å². The van der Waals surface area contributed by atoms with Gasteiger partial charge in [-0.25, -0.2) is 8.78 Å². The molecule has 0 aliphatic carbocycles. The summed E-state index contributed by atoms with van der Waals surface area (Å²) >= 11 is 1.62. The third-order valence-corrected chi connectivity index (χ3v) is 6.09. The predicted octanol–water partition coefficient (Wildman–Crippen LogP) is 4.56. The number of hydrogen-bond acceptors (Lipinski definition) is 3. The van der Waals surface area contributed by atoms with E-state index >= 15 is 0 Å². The molecule has 1 N–H and O–H groups in total. The first kappa shape index (κ1) is 18.8. The van der Waals surface area contributed by atoms with Crippen molar-refractivity contribution in [3.05, 3.63) is 93.2 Å². The van der Waals surface area contributed by atoms with Crippen molar-refractivity contribution in [3.63, 3.8) is 0 Å².